The maximum atomic E-state index is 11.8. The van der Waals surface area contributed by atoms with Gasteiger partial charge in [-0.3, -0.25) is 9.59 Å². The molecule has 0 bridgehead atoms. The zero-order valence-electron chi connectivity index (χ0n) is 13.3. The molecule has 1 aromatic rings. The van der Waals surface area contributed by atoms with Gasteiger partial charge in [-0.2, -0.15) is 5.26 Å². The normalized spacial score (nSPS) is 10.5. The average Bonchev–Trinajstić information content (AvgIpc) is 2.52. The number of phenolic OH excluding ortho intramolecular Hbond substituents is 1. The average molecular weight is 333 g/mol. The molecular formula is C16H15NO7. The Balaban J connectivity index is 3.12. The molecule has 0 unspecified atom stereocenters. The number of carbonyl (C=O) groups excluding carboxylic acids is 3. The summed E-state index contributed by atoms with van der Waals surface area (Å²) in [7, 11) is 2.64. The van der Waals surface area contributed by atoms with Crippen molar-refractivity contribution in [2.75, 3.05) is 14.2 Å². The Morgan fingerprint density at radius 2 is 1.75 bits per heavy atom. The van der Waals surface area contributed by atoms with Gasteiger partial charge in [0.15, 0.2) is 11.5 Å². The van der Waals surface area contributed by atoms with Crippen molar-refractivity contribution in [2.24, 2.45) is 0 Å². The quantitative estimate of drug-likeness (QED) is 0.358. The van der Waals surface area contributed by atoms with Crippen LogP contribution in [0.4, 0.5) is 0 Å². The monoisotopic (exact) mass is 333 g/mol. The fourth-order valence-electron chi connectivity index (χ4n) is 1.70. The molecule has 0 aliphatic heterocycles. The van der Waals surface area contributed by atoms with Gasteiger partial charge in [-0.15, -0.1) is 0 Å². The van der Waals surface area contributed by atoms with Crippen LogP contribution in [0.5, 0.6) is 17.2 Å². The first-order valence-electron chi connectivity index (χ1n) is 6.63. The van der Waals surface area contributed by atoms with Gasteiger partial charge < -0.3 is 19.3 Å². The lowest BCUT2D eigenvalue weighted by Crippen LogP contribution is -2.15. The van der Waals surface area contributed by atoms with Gasteiger partial charge in [0.25, 0.3) is 0 Å². The summed E-state index contributed by atoms with van der Waals surface area (Å²) in [6.07, 6.45) is 0.569. The molecule has 0 aliphatic rings. The van der Waals surface area contributed by atoms with E-state index in [-0.39, 0.29) is 17.2 Å². The van der Waals surface area contributed by atoms with Crippen molar-refractivity contribution >= 4 is 23.8 Å². The van der Waals surface area contributed by atoms with Gasteiger partial charge in [-0.05, 0) is 30.7 Å². The summed E-state index contributed by atoms with van der Waals surface area (Å²) in [5.74, 6) is -2.81. The molecule has 8 heteroatoms. The van der Waals surface area contributed by atoms with Crippen molar-refractivity contribution in [3.05, 3.63) is 23.3 Å². The lowest BCUT2D eigenvalue weighted by molar-refractivity contribution is -0.157. The van der Waals surface area contributed by atoms with E-state index >= 15 is 0 Å². The van der Waals surface area contributed by atoms with Gasteiger partial charge in [-0.25, -0.2) is 4.79 Å². The van der Waals surface area contributed by atoms with Crippen molar-refractivity contribution in [1.82, 2.24) is 0 Å². The van der Waals surface area contributed by atoms with Crippen molar-refractivity contribution in [3.8, 4) is 23.3 Å². The number of ether oxygens (including phenoxy) is 3. The molecule has 0 aromatic heterocycles. The second-order valence-electron chi connectivity index (χ2n) is 4.58. The standard InChI is InChI=1S/C16H15NO7/c1-9(18)4-14(19)24-16(21)11(8-17)5-10-6-12(22-2)15(20)13(7-10)23-3/h5-7,20H,4H2,1-3H3/b11-5+. The number of nitriles is 1. The third-order valence-electron chi connectivity index (χ3n) is 2.75. The van der Waals surface area contributed by atoms with Gasteiger partial charge in [0, 0.05) is 0 Å². The van der Waals surface area contributed by atoms with E-state index in [1.54, 1.807) is 6.07 Å². The SMILES string of the molecule is COc1cc(/C=C(\C#N)C(=O)OC(=O)CC(C)=O)cc(OC)c1O. The molecule has 0 radical (unpaired) electrons. The fourth-order valence-corrected chi connectivity index (χ4v) is 1.70. The Hall–Kier alpha value is -3.34. The summed E-state index contributed by atoms with van der Waals surface area (Å²) < 4.78 is 14.3. The topological polar surface area (TPSA) is 123 Å². The minimum absolute atomic E-state index is 0.0684. The number of Topliss-reactive ketones (excluding diaryl/α,β-unsaturated/α-hetero) is 1. The number of hydrogen-bond acceptors (Lipinski definition) is 8. The summed E-state index contributed by atoms with van der Waals surface area (Å²) >= 11 is 0. The first-order valence-corrected chi connectivity index (χ1v) is 6.63. The number of aromatic hydroxyl groups is 1. The van der Waals surface area contributed by atoms with Crippen LogP contribution >= 0.6 is 0 Å². The molecule has 1 aromatic carbocycles. The maximum absolute atomic E-state index is 11.8. The predicted octanol–water partition coefficient (Wildman–Crippen LogP) is 1.37. The van der Waals surface area contributed by atoms with E-state index in [1.807, 2.05) is 0 Å². The summed E-state index contributed by atoms with van der Waals surface area (Å²) in [5, 5.41) is 18.9. The predicted molar refractivity (Wildman–Crippen MR) is 81.2 cm³/mol. The van der Waals surface area contributed by atoms with Crippen molar-refractivity contribution in [2.45, 2.75) is 13.3 Å². The van der Waals surface area contributed by atoms with E-state index in [1.165, 1.54) is 33.3 Å². The van der Waals surface area contributed by atoms with Crippen LogP contribution in [0, 0.1) is 11.3 Å². The second-order valence-corrected chi connectivity index (χ2v) is 4.58. The Morgan fingerprint density at radius 3 is 2.17 bits per heavy atom. The van der Waals surface area contributed by atoms with E-state index in [0.29, 0.717) is 5.56 Å². The number of hydrogen-bond donors (Lipinski definition) is 1. The Kier molecular flexibility index (Phi) is 6.50. The van der Waals surface area contributed by atoms with Gasteiger partial charge in [0.1, 0.15) is 23.8 Å². The van der Waals surface area contributed by atoms with Crippen LogP contribution in [0.15, 0.2) is 17.7 Å². The number of ketones is 1. The third-order valence-corrected chi connectivity index (χ3v) is 2.75. The molecule has 0 aliphatic carbocycles. The Bertz CT molecular complexity index is 718. The molecule has 0 atom stereocenters. The number of carbonyl (C=O) groups is 3. The van der Waals surface area contributed by atoms with Crippen LogP contribution < -0.4 is 9.47 Å². The van der Waals surface area contributed by atoms with Crippen molar-refractivity contribution in [1.29, 1.82) is 5.26 Å². The van der Waals surface area contributed by atoms with Crippen LogP contribution in [-0.2, 0) is 19.1 Å². The maximum Gasteiger partial charge on any atom is 0.356 e. The van der Waals surface area contributed by atoms with E-state index in [4.69, 9.17) is 14.7 Å². The zero-order chi connectivity index (χ0) is 18.3. The van der Waals surface area contributed by atoms with E-state index in [2.05, 4.69) is 4.74 Å². The van der Waals surface area contributed by atoms with Crippen molar-refractivity contribution in [3.63, 3.8) is 0 Å². The summed E-state index contributed by atoms with van der Waals surface area (Å²) in [4.78, 5) is 33.9. The number of phenols is 1. The first-order chi connectivity index (χ1) is 11.3. The molecule has 1 rings (SSSR count). The van der Waals surface area contributed by atoms with Crippen molar-refractivity contribution < 1.29 is 33.7 Å². The zero-order valence-corrected chi connectivity index (χ0v) is 13.3. The molecule has 0 spiro atoms. The molecule has 0 saturated heterocycles. The Labute approximate surface area is 137 Å². The molecule has 24 heavy (non-hydrogen) atoms. The molecule has 1 N–H and O–H groups in total. The number of esters is 2. The highest BCUT2D eigenvalue weighted by molar-refractivity contribution is 6.05. The van der Waals surface area contributed by atoms with E-state index in [9.17, 15) is 19.5 Å². The molecule has 0 heterocycles. The summed E-state index contributed by atoms with van der Waals surface area (Å²) in [5.41, 5.74) is -0.171. The molecular weight excluding hydrogens is 318 g/mol. The van der Waals surface area contributed by atoms with Crippen LogP contribution in [0.3, 0.4) is 0 Å². The van der Waals surface area contributed by atoms with Crippen LogP contribution in [0.25, 0.3) is 6.08 Å². The second kappa shape index (κ2) is 8.33. The number of nitrogens with zero attached hydrogens (tertiary/aromatic N) is 1. The molecule has 0 amide bonds. The third kappa shape index (κ3) is 4.84. The minimum Gasteiger partial charge on any atom is -0.502 e. The lowest BCUT2D eigenvalue weighted by Gasteiger charge is -2.09. The number of methoxy groups -OCH3 is 2. The van der Waals surface area contributed by atoms with Crippen LogP contribution in [-0.4, -0.2) is 37.0 Å². The molecule has 126 valence electrons. The Morgan fingerprint density at radius 1 is 1.21 bits per heavy atom. The fraction of sp³-hybridized carbons (Fsp3) is 0.250. The van der Waals surface area contributed by atoms with Crippen LogP contribution in [0.1, 0.15) is 18.9 Å². The van der Waals surface area contributed by atoms with Gasteiger partial charge in [0.2, 0.25) is 5.75 Å². The molecule has 0 fully saturated rings. The molecule has 0 saturated carbocycles. The summed E-state index contributed by atoms with van der Waals surface area (Å²) in [6.45, 7) is 1.17. The smallest absolute Gasteiger partial charge is 0.356 e. The highest BCUT2D eigenvalue weighted by Crippen LogP contribution is 2.37. The van der Waals surface area contributed by atoms with Gasteiger partial charge in [0.05, 0.1) is 14.2 Å². The van der Waals surface area contributed by atoms with Crippen LogP contribution in [0.2, 0.25) is 0 Å². The first kappa shape index (κ1) is 18.7. The highest BCUT2D eigenvalue weighted by Gasteiger charge is 2.18. The number of benzene rings is 1. The highest BCUT2D eigenvalue weighted by atomic mass is 16.6. The summed E-state index contributed by atoms with van der Waals surface area (Å²) in [6, 6.07) is 4.33. The number of rotatable bonds is 6. The van der Waals surface area contributed by atoms with E-state index in [0.717, 1.165) is 6.08 Å². The lowest BCUT2D eigenvalue weighted by atomic mass is 10.1. The van der Waals surface area contributed by atoms with Gasteiger partial charge in [-0.1, -0.05) is 0 Å². The minimum atomic E-state index is -1.19. The largest absolute Gasteiger partial charge is 0.502 e. The van der Waals surface area contributed by atoms with E-state index < -0.39 is 29.7 Å². The van der Waals surface area contributed by atoms with Gasteiger partial charge >= 0.3 is 11.9 Å². The molecule has 8 nitrogen and oxygen atoms in total.